The zero-order valence-corrected chi connectivity index (χ0v) is 15.3. The summed E-state index contributed by atoms with van der Waals surface area (Å²) in [6.45, 7) is 3.21. The molecule has 0 saturated carbocycles. The first-order valence-electron chi connectivity index (χ1n) is 9.33. The smallest absolute Gasteiger partial charge is 0.0531 e. The maximum absolute atomic E-state index is 9.92. The molecule has 0 bridgehead atoms. The maximum atomic E-state index is 9.92. The Balaban J connectivity index is 1.78. The van der Waals surface area contributed by atoms with Crippen molar-refractivity contribution in [3.05, 3.63) is 65.7 Å². The van der Waals surface area contributed by atoms with Gasteiger partial charge in [-0.15, -0.1) is 0 Å². The average Bonchev–Trinajstić information content (AvgIpc) is 3.03. The third-order valence-corrected chi connectivity index (χ3v) is 6.07. The third kappa shape index (κ3) is 2.21. The zero-order valence-electron chi connectivity index (χ0n) is 15.3. The van der Waals surface area contributed by atoms with Gasteiger partial charge in [0.05, 0.1) is 6.61 Å². The van der Waals surface area contributed by atoms with Crippen molar-refractivity contribution in [1.82, 2.24) is 9.88 Å². The quantitative estimate of drug-likeness (QED) is 0.735. The molecular weight excluding hydrogens is 320 g/mol. The van der Waals surface area contributed by atoms with E-state index in [9.17, 15) is 5.11 Å². The number of benzene rings is 2. The molecule has 2 aromatic carbocycles. The first-order chi connectivity index (χ1) is 12.6. The van der Waals surface area contributed by atoms with E-state index in [0.717, 1.165) is 13.0 Å². The van der Waals surface area contributed by atoms with Crippen LogP contribution in [0, 0.1) is 5.41 Å². The minimum absolute atomic E-state index is 0.179. The highest BCUT2D eigenvalue weighted by atomic mass is 16.3. The molecule has 2 aliphatic rings. The summed E-state index contributed by atoms with van der Waals surface area (Å²) in [7, 11) is 2.19. The number of aliphatic hydroxyl groups is 1. The Morgan fingerprint density at radius 2 is 1.96 bits per heavy atom. The molecule has 2 atom stereocenters. The predicted molar refractivity (Wildman–Crippen MR) is 107 cm³/mol. The van der Waals surface area contributed by atoms with Crippen molar-refractivity contribution < 1.29 is 5.11 Å². The van der Waals surface area contributed by atoms with Crippen molar-refractivity contribution >= 4 is 16.5 Å². The van der Waals surface area contributed by atoms with Gasteiger partial charge in [0, 0.05) is 34.6 Å². The summed E-state index contributed by atoms with van der Waals surface area (Å²) in [5.41, 5.74) is 7.62. The summed E-state index contributed by atoms with van der Waals surface area (Å²) in [5, 5.41) is 11.3. The lowest BCUT2D eigenvalue weighted by atomic mass is 9.74. The molecule has 0 unspecified atom stereocenters. The van der Waals surface area contributed by atoms with Gasteiger partial charge >= 0.3 is 0 Å². The van der Waals surface area contributed by atoms with Gasteiger partial charge in [0.1, 0.15) is 0 Å². The van der Waals surface area contributed by atoms with Gasteiger partial charge in [-0.1, -0.05) is 55.5 Å². The molecular formula is C23H24N2O. The van der Waals surface area contributed by atoms with Crippen LogP contribution in [0.2, 0.25) is 0 Å². The number of H-pyrrole nitrogens is 1. The Morgan fingerprint density at radius 3 is 2.73 bits per heavy atom. The molecule has 0 saturated heterocycles. The molecule has 0 spiro atoms. The van der Waals surface area contributed by atoms with E-state index in [0.29, 0.717) is 6.04 Å². The van der Waals surface area contributed by atoms with Gasteiger partial charge in [-0.2, -0.15) is 0 Å². The Labute approximate surface area is 154 Å². The number of likely N-dealkylation sites (N-methyl/N-ethyl adjacent to an activating group) is 1. The molecule has 3 heteroatoms. The molecule has 1 aliphatic carbocycles. The van der Waals surface area contributed by atoms with E-state index >= 15 is 0 Å². The number of hydrogen-bond donors (Lipinski definition) is 2. The van der Waals surface area contributed by atoms with E-state index in [-0.39, 0.29) is 12.0 Å². The monoisotopic (exact) mass is 344 g/mol. The normalized spacial score (nSPS) is 25.2. The molecule has 5 rings (SSSR count). The number of rotatable bonds is 2. The molecule has 3 nitrogen and oxygen atoms in total. The molecule has 1 aromatic heterocycles. The number of aliphatic hydroxyl groups excluding tert-OH is 1. The Hall–Kier alpha value is -2.36. The van der Waals surface area contributed by atoms with Crippen LogP contribution in [0.4, 0.5) is 0 Å². The van der Waals surface area contributed by atoms with E-state index in [1.807, 2.05) is 0 Å². The van der Waals surface area contributed by atoms with Gasteiger partial charge in [0.25, 0.3) is 0 Å². The van der Waals surface area contributed by atoms with Gasteiger partial charge in [-0.05, 0) is 41.8 Å². The van der Waals surface area contributed by atoms with Crippen molar-refractivity contribution in [1.29, 1.82) is 0 Å². The molecule has 1 aliphatic heterocycles. The zero-order chi connectivity index (χ0) is 17.9. The van der Waals surface area contributed by atoms with Crippen LogP contribution < -0.4 is 0 Å². The molecule has 132 valence electrons. The van der Waals surface area contributed by atoms with E-state index in [2.05, 4.69) is 78.5 Å². The number of aromatic amines is 1. The van der Waals surface area contributed by atoms with Crippen LogP contribution >= 0.6 is 0 Å². The fourth-order valence-electron chi connectivity index (χ4n) is 4.86. The fourth-order valence-corrected chi connectivity index (χ4v) is 4.86. The van der Waals surface area contributed by atoms with Gasteiger partial charge < -0.3 is 10.1 Å². The van der Waals surface area contributed by atoms with Crippen LogP contribution in [0.1, 0.15) is 18.1 Å². The molecule has 0 radical (unpaired) electrons. The second-order valence-corrected chi connectivity index (χ2v) is 8.12. The van der Waals surface area contributed by atoms with Crippen LogP contribution in [-0.4, -0.2) is 41.2 Å². The van der Waals surface area contributed by atoms with Crippen molar-refractivity contribution in [3.63, 3.8) is 0 Å². The van der Waals surface area contributed by atoms with Crippen LogP contribution in [0.3, 0.4) is 0 Å². The number of hydrogen-bond acceptors (Lipinski definition) is 2. The number of fused-ring (bicyclic) bond motifs is 2. The fraction of sp³-hybridized carbons (Fsp3) is 0.304. The lowest BCUT2D eigenvalue weighted by Gasteiger charge is -2.44. The lowest BCUT2D eigenvalue weighted by Crippen LogP contribution is -2.47. The first-order valence-corrected chi connectivity index (χ1v) is 9.33. The topological polar surface area (TPSA) is 39.3 Å². The van der Waals surface area contributed by atoms with Crippen molar-refractivity contribution in [2.75, 3.05) is 20.2 Å². The average molecular weight is 344 g/mol. The number of aromatic nitrogens is 1. The summed E-state index contributed by atoms with van der Waals surface area (Å²) in [4.78, 5) is 6.09. The lowest BCUT2D eigenvalue weighted by molar-refractivity contribution is 0.117. The van der Waals surface area contributed by atoms with Crippen LogP contribution in [-0.2, 0) is 6.42 Å². The Morgan fingerprint density at radius 1 is 1.15 bits per heavy atom. The highest BCUT2D eigenvalue weighted by Gasteiger charge is 2.38. The second-order valence-electron chi connectivity index (χ2n) is 8.12. The van der Waals surface area contributed by atoms with Gasteiger partial charge in [0.15, 0.2) is 0 Å². The van der Waals surface area contributed by atoms with Crippen molar-refractivity contribution in [3.8, 4) is 11.3 Å². The minimum atomic E-state index is -0.182. The molecule has 3 aromatic rings. The van der Waals surface area contributed by atoms with E-state index in [1.165, 1.54) is 38.9 Å². The van der Waals surface area contributed by atoms with Gasteiger partial charge in [-0.25, -0.2) is 0 Å². The standard InChI is InChI=1S/C23H24N2O/c1-23(14-26)12-18-16-9-6-10-19-21(16)17(11-20(18)25(2)13-23)22(24-19)15-7-4-3-5-8-15/h3-10,12,20,24,26H,11,13-14H2,1-2H3/t20-,23-/m1/s1. The van der Waals surface area contributed by atoms with Crippen molar-refractivity contribution in [2.24, 2.45) is 5.41 Å². The molecule has 2 heterocycles. The highest BCUT2D eigenvalue weighted by Crippen LogP contribution is 2.46. The summed E-state index contributed by atoms with van der Waals surface area (Å²) in [6.07, 6.45) is 3.33. The largest absolute Gasteiger partial charge is 0.395 e. The Kier molecular flexibility index (Phi) is 3.40. The first kappa shape index (κ1) is 15.9. The van der Waals surface area contributed by atoms with Gasteiger partial charge in [-0.3, -0.25) is 4.90 Å². The molecule has 2 N–H and O–H groups in total. The summed E-state index contributed by atoms with van der Waals surface area (Å²) >= 11 is 0. The second kappa shape index (κ2) is 5.57. The van der Waals surface area contributed by atoms with E-state index in [1.54, 1.807) is 0 Å². The summed E-state index contributed by atoms with van der Waals surface area (Å²) < 4.78 is 0. The predicted octanol–water partition coefficient (Wildman–Crippen LogP) is 4.09. The van der Waals surface area contributed by atoms with Crippen LogP contribution in [0.5, 0.6) is 0 Å². The van der Waals surface area contributed by atoms with E-state index < -0.39 is 0 Å². The molecule has 26 heavy (non-hydrogen) atoms. The minimum Gasteiger partial charge on any atom is -0.395 e. The molecule has 0 fully saturated rings. The van der Waals surface area contributed by atoms with Crippen LogP contribution in [0.25, 0.3) is 27.7 Å². The highest BCUT2D eigenvalue weighted by molar-refractivity contribution is 6.02. The summed E-state index contributed by atoms with van der Waals surface area (Å²) in [6, 6.07) is 17.5. The molecule has 0 amide bonds. The maximum Gasteiger partial charge on any atom is 0.0531 e. The SMILES string of the molecule is CN1C[C@](C)(CO)C=C2c3cccc4[nH]c(-c5ccccc5)c(c34)C[C@H]21. The number of nitrogens with zero attached hydrogens (tertiary/aromatic N) is 1. The van der Waals surface area contributed by atoms with Crippen LogP contribution in [0.15, 0.2) is 54.6 Å². The number of nitrogens with one attached hydrogen (secondary N) is 1. The van der Waals surface area contributed by atoms with Gasteiger partial charge in [0.2, 0.25) is 0 Å². The Bertz CT molecular complexity index is 1020. The third-order valence-electron chi connectivity index (χ3n) is 6.07. The summed E-state index contributed by atoms with van der Waals surface area (Å²) in [5.74, 6) is 0. The van der Waals surface area contributed by atoms with Crippen molar-refractivity contribution in [2.45, 2.75) is 19.4 Å². The van der Waals surface area contributed by atoms with E-state index in [4.69, 9.17) is 0 Å².